The summed E-state index contributed by atoms with van der Waals surface area (Å²) in [7, 11) is 1.59. The van der Waals surface area contributed by atoms with Crippen LogP contribution in [0.3, 0.4) is 0 Å². The molecule has 0 unspecified atom stereocenters. The van der Waals surface area contributed by atoms with E-state index in [0.29, 0.717) is 22.1 Å². The highest BCUT2D eigenvalue weighted by atomic mass is 32.1. The van der Waals surface area contributed by atoms with Crippen LogP contribution in [-0.2, 0) is 6.54 Å². The van der Waals surface area contributed by atoms with Gasteiger partial charge in [0, 0.05) is 43.2 Å². The number of anilines is 2. The van der Waals surface area contributed by atoms with Gasteiger partial charge in [-0.3, -0.25) is 24.8 Å². The van der Waals surface area contributed by atoms with Crippen LogP contribution >= 0.6 is 11.3 Å². The highest BCUT2D eigenvalue weighted by molar-refractivity contribution is 7.22. The van der Waals surface area contributed by atoms with E-state index in [1.165, 1.54) is 17.4 Å². The molecule has 9 nitrogen and oxygen atoms in total. The summed E-state index contributed by atoms with van der Waals surface area (Å²) in [5.74, 6) is 0.312. The third kappa shape index (κ3) is 4.85. The second-order valence-electron chi connectivity index (χ2n) is 8.59. The molecule has 0 N–H and O–H groups in total. The first-order chi connectivity index (χ1) is 17.5. The fourth-order valence-electron chi connectivity index (χ4n) is 4.40. The Labute approximate surface area is 212 Å². The number of nitrogens with zero attached hydrogens (tertiary/aromatic N) is 5. The Morgan fingerprint density at radius 2 is 2.00 bits per heavy atom. The molecule has 0 saturated carbocycles. The molecule has 1 aliphatic rings. The number of thiazole rings is 1. The average molecular weight is 504 g/mol. The van der Waals surface area contributed by atoms with Gasteiger partial charge < -0.3 is 9.64 Å². The molecular formula is C26H25N5O4S. The van der Waals surface area contributed by atoms with E-state index in [1.807, 2.05) is 29.2 Å². The second kappa shape index (κ2) is 10.3. The summed E-state index contributed by atoms with van der Waals surface area (Å²) in [5, 5.41) is 12.5. The molecule has 36 heavy (non-hydrogen) atoms. The minimum atomic E-state index is -0.407. The summed E-state index contributed by atoms with van der Waals surface area (Å²) < 4.78 is 6.21. The van der Waals surface area contributed by atoms with Gasteiger partial charge in [0.2, 0.25) is 0 Å². The molecule has 0 bridgehead atoms. The molecule has 3 heterocycles. The van der Waals surface area contributed by atoms with E-state index in [-0.39, 0.29) is 23.7 Å². The molecule has 1 aliphatic heterocycles. The first-order valence-electron chi connectivity index (χ1n) is 11.7. The number of amides is 1. The van der Waals surface area contributed by atoms with Crippen LogP contribution < -0.4 is 14.5 Å². The lowest BCUT2D eigenvalue weighted by Crippen LogP contribution is -2.31. The number of carbonyl (C=O) groups excluding carboxylic acids is 1. The van der Waals surface area contributed by atoms with Gasteiger partial charge in [-0.25, -0.2) is 4.98 Å². The van der Waals surface area contributed by atoms with E-state index in [2.05, 4.69) is 4.98 Å². The van der Waals surface area contributed by atoms with Gasteiger partial charge >= 0.3 is 0 Å². The third-order valence-corrected chi connectivity index (χ3v) is 7.30. The van der Waals surface area contributed by atoms with Crippen LogP contribution in [0, 0.1) is 10.1 Å². The highest BCUT2D eigenvalue weighted by Gasteiger charge is 2.27. The van der Waals surface area contributed by atoms with Gasteiger partial charge in [-0.05, 0) is 55.2 Å². The second-order valence-corrected chi connectivity index (χ2v) is 9.60. The molecule has 1 saturated heterocycles. The SMILES string of the molecule is COc1ccc2sc(N(Cc3cccnc3)C(=O)c3ccc(N4CCCCC4)c([N+](=O)[O-])c3)nc2c1. The molecule has 10 heteroatoms. The smallest absolute Gasteiger partial charge is 0.293 e. The number of aromatic nitrogens is 2. The summed E-state index contributed by atoms with van der Waals surface area (Å²) in [6.45, 7) is 1.78. The van der Waals surface area contributed by atoms with Crippen molar-refractivity contribution in [3.8, 4) is 5.75 Å². The lowest BCUT2D eigenvalue weighted by Gasteiger charge is -2.28. The zero-order valence-electron chi connectivity index (χ0n) is 19.8. The van der Waals surface area contributed by atoms with Gasteiger partial charge in [0.25, 0.3) is 11.6 Å². The quantitative estimate of drug-likeness (QED) is 0.244. The topological polar surface area (TPSA) is 102 Å². The van der Waals surface area contributed by atoms with Crippen molar-refractivity contribution < 1.29 is 14.5 Å². The van der Waals surface area contributed by atoms with Crippen molar-refractivity contribution in [1.29, 1.82) is 0 Å². The number of piperidine rings is 1. The van der Waals surface area contributed by atoms with Crippen LogP contribution in [0.1, 0.15) is 35.2 Å². The Morgan fingerprint density at radius 1 is 1.17 bits per heavy atom. The number of fused-ring (bicyclic) bond motifs is 1. The molecule has 184 valence electrons. The number of methoxy groups -OCH3 is 1. The van der Waals surface area contributed by atoms with Crippen molar-refractivity contribution in [2.24, 2.45) is 0 Å². The highest BCUT2D eigenvalue weighted by Crippen LogP contribution is 2.35. The molecular weight excluding hydrogens is 478 g/mol. The molecule has 0 aliphatic carbocycles. The van der Waals surface area contributed by atoms with E-state index < -0.39 is 4.92 Å². The Balaban J connectivity index is 1.54. The van der Waals surface area contributed by atoms with Gasteiger partial charge in [0.15, 0.2) is 5.13 Å². The molecule has 2 aromatic carbocycles. The fourth-order valence-corrected chi connectivity index (χ4v) is 5.34. The zero-order valence-corrected chi connectivity index (χ0v) is 20.6. The molecule has 1 fully saturated rings. The lowest BCUT2D eigenvalue weighted by atomic mass is 10.1. The van der Waals surface area contributed by atoms with Crippen molar-refractivity contribution in [2.45, 2.75) is 25.8 Å². The lowest BCUT2D eigenvalue weighted by molar-refractivity contribution is -0.384. The number of rotatable bonds is 7. The van der Waals surface area contributed by atoms with E-state index >= 15 is 0 Å². The minimum absolute atomic E-state index is 0.0573. The molecule has 2 aromatic heterocycles. The summed E-state index contributed by atoms with van der Waals surface area (Å²) in [6.07, 6.45) is 6.48. The van der Waals surface area contributed by atoms with Crippen LogP contribution in [0.25, 0.3) is 10.2 Å². The number of ether oxygens (including phenoxy) is 1. The first kappa shape index (κ1) is 23.7. The van der Waals surface area contributed by atoms with E-state index in [9.17, 15) is 14.9 Å². The van der Waals surface area contributed by atoms with Crippen LogP contribution in [-0.4, -0.2) is 41.0 Å². The summed E-state index contributed by atoms with van der Waals surface area (Å²) in [5.41, 5.74) is 2.27. The normalized spacial score (nSPS) is 13.5. The van der Waals surface area contributed by atoms with Crippen LogP contribution in [0.4, 0.5) is 16.5 Å². The van der Waals surface area contributed by atoms with E-state index in [1.54, 1.807) is 42.6 Å². The summed E-state index contributed by atoms with van der Waals surface area (Å²) >= 11 is 1.38. The third-order valence-electron chi connectivity index (χ3n) is 6.24. The number of hydrogen-bond acceptors (Lipinski definition) is 8. The number of benzene rings is 2. The van der Waals surface area contributed by atoms with Crippen LogP contribution in [0.5, 0.6) is 5.75 Å². The molecule has 5 rings (SSSR count). The van der Waals surface area contributed by atoms with E-state index in [4.69, 9.17) is 9.72 Å². The maximum Gasteiger partial charge on any atom is 0.293 e. The van der Waals surface area contributed by atoms with Gasteiger partial charge in [-0.15, -0.1) is 0 Å². The van der Waals surface area contributed by atoms with Gasteiger partial charge in [0.05, 0.1) is 28.8 Å². The van der Waals surface area contributed by atoms with Crippen molar-refractivity contribution in [2.75, 3.05) is 30.0 Å². The number of hydrogen-bond donors (Lipinski definition) is 0. The number of pyridine rings is 1. The monoisotopic (exact) mass is 503 g/mol. The Hall–Kier alpha value is -4.05. The molecule has 0 spiro atoms. The van der Waals surface area contributed by atoms with Crippen molar-refractivity contribution in [1.82, 2.24) is 9.97 Å². The standard InChI is InChI=1S/C26H25N5O4S/c1-35-20-8-10-24-21(15-20)28-26(36-24)30(17-18-6-5-11-27-16-18)25(32)19-7-9-22(23(14-19)31(33)34)29-12-3-2-4-13-29/h5-11,14-16H,2-4,12-13,17H2,1H3. The maximum absolute atomic E-state index is 13.8. The Morgan fingerprint density at radius 3 is 2.72 bits per heavy atom. The number of nitro benzene ring substituents is 1. The first-order valence-corrected chi connectivity index (χ1v) is 12.5. The Bertz CT molecular complexity index is 1400. The number of carbonyl (C=O) groups is 1. The van der Waals surface area contributed by atoms with Crippen molar-refractivity contribution in [3.63, 3.8) is 0 Å². The van der Waals surface area contributed by atoms with Gasteiger partial charge in [-0.2, -0.15) is 0 Å². The predicted molar refractivity (Wildman–Crippen MR) is 140 cm³/mol. The molecule has 0 radical (unpaired) electrons. The van der Waals surface area contributed by atoms with E-state index in [0.717, 1.165) is 42.6 Å². The fraction of sp³-hybridized carbons (Fsp3) is 0.269. The molecule has 1 amide bonds. The molecule has 0 atom stereocenters. The zero-order chi connectivity index (χ0) is 25.1. The van der Waals surface area contributed by atoms with Crippen LogP contribution in [0.15, 0.2) is 60.9 Å². The average Bonchev–Trinajstić information content (AvgIpc) is 3.35. The van der Waals surface area contributed by atoms with Crippen LogP contribution in [0.2, 0.25) is 0 Å². The molecule has 4 aromatic rings. The summed E-state index contributed by atoms with van der Waals surface area (Å²) in [6, 6.07) is 14.0. The number of nitro groups is 1. The summed E-state index contributed by atoms with van der Waals surface area (Å²) in [4.78, 5) is 37.8. The van der Waals surface area contributed by atoms with Gasteiger partial charge in [0.1, 0.15) is 11.4 Å². The maximum atomic E-state index is 13.8. The largest absolute Gasteiger partial charge is 0.497 e. The Kier molecular flexibility index (Phi) is 6.77. The van der Waals surface area contributed by atoms with Crippen molar-refractivity contribution >= 4 is 44.0 Å². The van der Waals surface area contributed by atoms with Gasteiger partial charge in [-0.1, -0.05) is 17.4 Å². The minimum Gasteiger partial charge on any atom is -0.497 e. The predicted octanol–water partition coefficient (Wildman–Crippen LogP) is 5.45. The van der Waals surface area contributed by atoms with Crippen molar-refractivity contribution in [3.05, 3.63) is 82.2 Å².